The fourth-order valence-electron chi connectivity index (χ4n) is 2.50. The summed E-state index contributed by atoms with van der Waals surface area (Å²) in [6, 6.07) is 13.1. The standard InChI is InChI=1S/C17H20N4O/c1-13-12-14(2)21(19-13)15(3)17(22)20(11-7-10-18)16-8-5-4-6-9-16/h4-6,8-9,12,15H,7,11H2,1-3H3/t15-/m0/s1. The summed E-state index contributed by atoms with van der Waals surface area (Å²) >= 11 is 0. The molecule has 2 rings (SSSR count). The minimum absolute atomic E-state index is 0.0624. The molecular formula is C17H20N4O. The van der Waals surface area contributed by atoms with Crippen LogP contribution in [-0.2, 0) is 4.79 Å². The lowest BCUT2D eigenvalue weighted by Gasteiger charge is -2.25. The first kappa shape index (κ1) is 15.8. The molecule has 0 saturated heterocycles. The summed E-state index contributed by atoms with van der Waals surface area (Å²) in [5, 5.41) is 13.2. The number of benzene rings is 1. The molecule has 1 amide bonds. The van der Waals surface area contributed by atoms with E-state index < -0.39 is 6.04 Å². The Morgan fingerprint density at radius 1 is 1.36 bits per heavy atom. The van der Waals surface area contributed by atoms with Crippen LogP contribution in [0.2, 0.25) is 0 Å². The fourth-order valence-corrected chi connectivity index (χ4v) is 2.50. The third-order valence-corrected chi connectivity index (χ3v) is 3.55. The van der Waals surface area contributed by atoms with Gasteiger partial charge in [0.1, 0.15) is 6.04 Å². The van der Waals surface area contributed by atoms with Gasteiger partial charge in [-0.05, 0) is 39.0 Å². The van der Waals surface area contributed by atoms with Crippen molar-refractivity contribution >= 4 is 11.6 Å². The third-order valence-electron chi connectivity index (χ3n) is 3.55. The van der Waals surface area contributed by atoms with Gasteiger partial charge in [0.25, 0.3) is 5.91 Å². The van der Waals surface area contributed by atoms with E-state index in [2.05, 4.69) is 11.2 Å². The minimum Gasteiger partial charge on any atom is -0.310 e. The predicted molar refractivity (Wildman–Crippen MR) is 85.4 cm³/mol. The van der Waals surface area contributed by atoms with Crippen molar-refractivity contribution in [2.45, 2.75) is 33.2 Å². The van der Waals surface area contributed by atoms with Gasteiger partial charge in [0.15, 0.2) is 0 Å². The summed E-state index contributed by atoms with van der Waals surface area (Å²) in [6.45, 7) is 6.06. The van der Waals surface area contributed by atoms with Crippen LogP contribution in [0.4, 0.5) is 5.69 Å². The zero-order valence-corrected chi connectivity index (χ0v) is 13.2. The summed E-state index contributed by atoms with van der Waals surface area (Å²) in [5.74, 6) is -0.0624. The van der Waals surface area contributed by atoms with Gasteiger partial charge < -0.3 is 4.90 Å². The smallest absolute Gasteiger partial charge is 0.251 e. The summed E-state index contributed by atoms with van der Waals surface area (Å²) in [4.78, 5) is 14.5. The zero-order valence-electron chi connectivity index (χ0n) is 13.2. The Bertz CT molecular complexity index is 684. The molecule has 0 aliphatic rings. The van der Waals surface area contributed by atoms with Gasteiger partial charge >= 0.3 is 0 Å². The van der Waals surface area contributed by atoms with Crippen molar-refractivity contribution in [2.75, 3.05) is 11.4 Å². The molecule has 1 atom stereocenters. The quantitative estimate of drug-likeness (QED) is 0.852. The molecule has 0 aliphatic heterocycles. The van der Waals surface area contributed by atoms with Crippen LogP contribution >= 0.6 is 0 Å². The molecule has 1 aromatic heterocycles. The van der Waals surface area contributed by atoms with Crippen molar-refractivity contribution in [2.24, 2.45) is 0 Å². The Hall–Kier alpha value is -2.61. The molecule has 0 N–H and O–H groups in total. The van der Waals surface area contributed by atoms with Gasteiger partial charge in [-0.3, -0.25) is 9.48 Å². The van der Waals surface area contributed by atoms with Gasteiger partial charge in [-0.2, -0.15) is 10.4 Å². The van der Waals surface area contributed by atoms with E-state index in [0.29, 0.717) is 13.0 Å². The van der Waals surface area contributed by atoms with Crippen molar-refractivity contribution in [1.29, 1.82) is 5.26 Å². The topological polar surface area (TPSA) is 61.9 Å². The van der Waals surface area contributed by atoms with E-state index in [1.165, 1.54) is 0 Å². The van der Waals surface area contributed by atoms with Gasteiger partial charge in [-0.25, -0.2) is 0 Å². The molecule has 2 aromatic rings. The summed E-state index contributed by atoms with van der Waals surface area (Å²) in [5.41, 5.74) is 2.64. The Kier molecular flexibility index (Phi) is 4.95. The van der Waals surface area contributed by atoms with E-state index in [9.17, 15) is 4.79 Å². The van der Waals surface area contributed by atoms with E-state index in [1.54, 1.807) is 9.58 Å². The molecule has 0 fully saturated rings. The number of hydrogen-bond acceptors (Lipinski definition) is 3. The maximum Gasteiger partial charge on any atom is 0.251 e. The molecule has 114 valence electrons. The number of carbonyl (C=O) groups excluding carboxylic acids is 1. The first-order valence-corrected chi connectivity index (χ1v) is 7.30. The Labute approximate surface area is 130 Å². The molecule has 0 saturated carbocycles. The Morgan fingerprint density at radius 2 is 2.05 bits per heavy atom. The van der Waals surface area contributed by atoms with E-state index in [1.807, 2.05) is 57.2 Å². The summed E-state index contributed by atoms with van der Waals surface area (Å²) < 4.78 is 1.74. The summed E-state index contributed by atoms with van der Waals surface area (Å²) in [7, 11) is 0. The van der Waals surface area contributed by atoms with E-state index in [-0.39, 0.29) is 5.91 Å². The number of carbonyl (C=O) groups is 1. The summed E-state index contributed by atoms with van der Waals surface area (Å²) in [6.07, 6.45) is 0.296. The predicted octanol–water partition coefficient (Wildman–Crippen LogP) is 3.01. The number of hydrogen-bond donors (Lipinski definition) is 0. The van der Waals surface area contributed by atoms with Crippen LogP contribution < -0.4 is 4.90 Å². The molecule has 0 spiro atoms. The molecule has 0 unspecified atom stereocenters. The highest BCUT2D eigenvalue weighted by molar-refractivity contribution is 5.95. The van der Waals surface area contributed by atoms with Crippen LogP contribution in [0, 0.1) is 25.2 Å². The largest absolute Gasteiger partial charge is 0.310 e. The molecule has 1 heterocycles. The second-order valence-electron chi connectivity index (χ2n) is 5.28. The number of para-hydroxylation sites is 1. The first-order valence-electron chi connectivity index (χ1n) is 7.30. The van der Waals surface area contributed by atoms with Crippen molar-refractivity contribution in [3.05, 3.63) is 47.8 Å². The van der Waals surface area contributed by atoms with Crippen molar-refractivity contribution in [3.8, 4) is 6.07 Å². The van der Waals surface area contributed by atoms with Crippen LogP contribution in [-0.4, -0.2) is 22.2 Å². The highest BCUT2D eigenvalue weighted by Gasteiger charge is 2.24. The van der Waals surface area contributed by atoms with E-state index in [0.717, 1.165) is 17.1 Å². The van der Waals surface area contributed by atoms with Gasteiger partial charge in [0.05, 0.1) is 18.2 Å². The minimum atomic E-state index is -0.410. The average Bonchev–Trinajstić information content (AvgIpc) is 2.86. The highest BCUT2D eigenvalue weighted by Crippen LogP contribution is 2.20. The lowest BCUT2D eigenvalue weighted by Crippen LogP contribution is -2.37. The van der Waals surface area contributed by atoms with E-state index in [4.69, 9.17) is 5.26 Å². The van der Waals surface area contributed by atoms with E-state index >= 15 is 0 Å². The molecule has 0 aliphatic carbocycles. The van der Waals surface area contributed by atoms with Gasteiger partial charge in [0, 0.05) is 17.9 Å². The second kappa shape index (κ2) is 6.90. The van der Waals surface area contributed by atoms with Crippen molar-refractivity contribution in [1.82, 2.24) is 9.78 Å². The Balaban J connectivity index is 2.29. The lowest BCUT2D eigenvalue weighted by molar-refractivity contribution is -0.121. The van der Waals surface area contributed by atoms with Crippen LogP contribution in [0.1, 0.15) is 30.8 Å². The number of rotatable bonds is 5. The van der Waals surface area contributed by atoms with Crippen molar-refractivity contribution in [3.63, 3.8) is 0 Å². The number of amides is 1. The molecule has 5 nitrogen and oxygen atoms in total. The molecule has 5 heteroatoms. The molecular weight excluding hydrogens is 276 g/mol. The SMILES string of the molecule is Cc1cc(C)n([C@@H](C)C(=O)N(CCC#N)c2ccccc2)n1. The molecule has 22 heavy (non-hydrogen) atoms. The lowest BCUT2D eigenvalue weighted by atomic mass is 10.2. The normalized spacial score (nSPS) is 11.7. The van der Waals surface area contributed by atoms with Gasteiger partial charge in [-0.1, -0.05) is 18.2 Å². The second-order valence-corrected chi connectivity index (χ2v) is 5.28. The van der Waals surface area contributed by atoms with Gasteiger partial charge in [0.2, 0.25) is 0 Å². The third kappa shape index (κ3) is 3.34. The fraction of sp³-hybridized carbons (Fsp3) is 0.353. The van der Waals surface area contributed by atoms with Crippen LogP contribution in [0.25, 0.3) is 0 Å². The van der Waals surface area contributed by atoms with Crippen LogP contribution in [0.3, 0.4) is 0 Å². The molecule has 1 aromatic carbocycles. The van der Waals surface area contributed by atoms with Crippen LogP contribution in [0.5, 0.6) is 0 Å². The number of nitrogens with zero attached hydrogens (tertiary/aromatic N) is 4. The van der Waals surface area contributed by atoms with Crippen molar-refractivity contribution < 1.29 is 4.79 Å². The Morgan fingerprint density at radius 3 is 2.59 bits per heavy atom. The molecule has 0 radical (unpaired) electrons. The zero-order chi connectivity index (χ0) is 16.1. The maximum atomic E-state index is 12.9. The molecule has 0 bridgehead atoms. The van der Waals surface area contributed by atoms with Crippen LogP contribution in [0.15, 0.2) is 36.4 Å². The maximum absolute atomic E-state index is 12.9. The number of aromatic nitrogens is 2. The first-order chi connectivity index (χ1) is 10.5. The number of nitriles is 1. The number of anilines is 1. The average molecular weight is 296 g/mol. The van der Waals surface area contributed by atoms with Gasteiger partial charge in [-0.15, -0.1) is 0 Å². The highest BCUT2D eigenvalue weighted by atomic mass is 16.2. The monoisotopic (exact) mass is 296 g/mol. The number of aryl methyl sites for hydroxylation is 2.